The second-order valence-corrected chi connectivity index (χ2v) is 5.12. The minimum Gasteiger partial charge on any atom is -0.368 e. The summed E-state index contributed by atoms with van der Waals surface area (Å²) in [7, 11) is 0. The van der Waals surface area contributed by atoms with Crippen molar-refractivity contribution in [1.29, 1.82) is 0 Å². The largest absolute Gasteiger partial charge is 0.368 e. The SMILES string of the molecule is NCc1cc2ccccc2nc1N1CCCC1C(N)=O. The van der Waals surface area contributed by atoms with Crippen LogP contribution in [-0.4, -0.2) is 23.5 Å². The molecule has 1 saturated heterocycles. The lowest BCUT2D eigenvalue weighted by Gasteiger charge is -2.25. The molecule has 1 unspecified atom stereocenters. The van der Waals surface area contributed by atoms with Crippen molar-refractivity contribution in [3.05, 3.63) is 35.9 Å². The van der Waals surface area contributed by atoms with Gasteiger partial charge in [0.05, 0.1) is 5.52 Å². The number of amides is 1. The average molecular weight is 270 g/mol. The summed E-state index contributed by atoms with van der Waals surface area (Å²) in [5.41, 5.74) is 13.2. The van der Waals surface area contributed by atoms with Gasteiger partial charge < -0.3 is 16.4 Å². The molecule has 2 aromatic rings. The van der Waals surface area contributed by atoms with Crippen molar-refractivity contribution in [3.8, 4) is 0 Å². The molecular weight excluding hydrogens is 252 g/mol. The highest BCUT2D eigenvalue weighted by Crippen LogP contribution is 2.29. The van der Waals surface area contributed by atoms with E-state index in [1.54, 1.807) is 0 Å². The Morgan fingerprint density at radius 1 is 1.40 bits per heavy atom. The first kappa shape index (κ1) is 12.9. The van der Waals surface area contributed by atoms with E-state index in [1.165, 1.54) is 0 Å². The van der Waals surface area contributed by atoms with Gasteiger partial charge >= 0.3 is 0 Å². The lowest BCUT2D eigenvalue weighted by atomic mass is 10.1. The number of para-hydroxylation sites is 1. The van der Waals surface area contributed by atoms with Crippen molar-refractivity contribution >= 4 is 22.6 Å². The number of hydrogen-bond acceptors (Lipinski definition) is 4. The zero-order valence-electron chi connectivity index (χ0n) is 11.2. The Labute approximate surface area is 117 Å². The quantitative estimate of drug-likeness (QED) is 0.876. The van der Waals surface area contributed by atoms with Gasteiger partial charge in [-0.1, -0.05) is 18.2 Å². The molecule has 4 N–H and O–H groups in total. The third-order valence-electron chi connectivity index (χ3n) is 3.85. The van der Waals surface area contributed by atoms with E-state index in [0.29, 0.717) is 6.54 Å². The molecule has 1 aromatic heterocycles. The molecule has 0 saturated carbocycles. The van der Waals surface area contributed by atoms with Crippen LogP contribution in [0, 0.1) is 0 Å². The second kappa shape index (κ2) is 5.09. The van der Waals surface area contributed by atoms with E-state index in [0.717, 1.165) is 41.7 Å². The van der Waals surface area contributed by atoms with Crippen LogP contribution in [0.4, 0.5) is 5.82 Å². The predicted octanol–water partition coefficient (Wildman–Crippen LogP) is 1.15. The summed E-state index contributed by atoms with van der Waals surface area (Å²) in [5.74, 6) is 0.507. The van der Waals surface area contributed by atoms with Gasteiger partial charge in [0.2, 0.25) is 5.91 Å². The topological polar surface area (TPSA) is 85.2 Å². The van der Waals surface area contributed by atoms with Crippen LogP contribution in [0.3, 0.4) is 0 Å². The normalized spacial score (nSPS) is 18.6. The number of anilines is 1. The van der Waals surface area contributed by atoms with Crippen LogP contribution < -0.4 is 16.4 Å². The second-order valence-electron chi connectivity index (χ2n) is 5.12. The van der Waals surface area contributed by atoms with Crippen LogP contribution in [-0.2, 0) is 11.3 Å². The molecule has 1 aromatic carbocycles. The van der Waals surface area contributed by atoms with E-state index >= 15 is 0 Å². The molecule has 1 aliphatic rings. The zero-order valence-corrected chi connectivity index (χ0v) is 11.2. The molecule has 1 atom stereocenters. The minimum absolute atomic E-state index is 0.269. The molecule has 0 aliphatic carbocycles. The summed E-state index contributed by atoms with van der Waals surface area (Å²) in [6, 6.07) is 9.69. The molecule has 5 heteroatoms. The van der Waals surface area contributed by atoms with Crippen LogP contribution in [0.5, 0.6) is 0 Å². The first-order valence-corrected chi connectivity index (χ1v) is 6.85. The van der Waals surface area contributed by atoms with E-state index in [2.05, 4.69) is 0 Å². The Morgan fingerprint density at radius 3 is 2.95 bits per heavy atom. The van der Waals surface area contributed by atoms with Crippen LogP contribution in [0.15, 0.2) is 30.3 Å². The summed E-state index contributed by atoms with van der Waals surface area (Å²) in [5, 5.41) is 1.06. The standard InChI is InChI=1S/C15H18N4O/c16-9-11-8-10-4-1-2-5-12(10)18-15(11)19-7-3-6-13(19)14(17)20/h1-2,4-5,8,13H,3,6-7,9,16H2,(H2,17,20). The monoisotopic (exact) mass is 270 g/mol. The predicted molar refractivity (Wildman–Crippen MR) is 79.2 cm³/mol. The number of pyridine rings is 1. The molecule has 104 valence electrons. The maximum Gasteiger partial charge on any atom is 0.240 e. The molecule has 0 bridgehead atoms. The molecule has 5 nitrogen and oxygen atoms in total. The Balaban J connectivity index is 2.11. The summed E-state index contributed by atoms with van der Waals surface area (Å²) in [6.07, 6.45) is 1.74. The van der Waals surface area contributed by atoms with E-state index in [1.807, 2.05) is 35.2 Å². The van der Waals surface area contributed by atoms with Crippen molar-refractivity contribution in [1.82, 2.24) is 4.98 Å². The summed E-state index contributed by atoms with van der Waals surface area (Å²) >= 11 is 0. The van der Waals surface area contributed by atoms with E-state index in [4.69, 9.17) is 16.5 Å². The Kier molecular flexibility index (Phi) is 3.28. The molecule has 1 fully saturated rings. The Bertz CT molecular complexity index is 655. The van der Waals surface area contributed by atoms with Gasteiger partial charge in [0, 0.05) is 24.0 Å². The Morgan fingerprint density at radius 2 is 2.20 bits per heavy atom. The molecule has 20 heavy (non-hydrogen) atoms. The number of carbonyl (C=O) groups excluding carboxylic acids is 1. The number of nitrogens with two attached hydrogens (primary N) is 2. The van der Waals surface area contributed by atoms with Crippen LogP contribution in [0.1, 0.15) is 18.4 Å². The molecule has 2 heterocycles. The fraction of sp³-hybridized carbons (Fsp3) is 0.333. The number of hydrogen-bond donors (Lipinski definition) is 2. The number of fused-ring (bicyclic) bond motifs is 1. The smallest absolute Gasteiger partial charge is 0.240 e. The number of rotatable bonds is 3. The summed E-state index contributed by atoms with van der Waals surface area (Å²) < 4.78 is 0. The lowest BCUT2D eigenvalue weighted by Crippen LogP contribution is -2.41. The maximum absolute atomic E-state index is 11.6. The van der Waals surface area contributed by atoms with Crippen molar-refractivity contribution in [3.63, 3.8) is 0 Å². The first-order chi connectivity index (χ1) is 9.70. The van der Waals surface area contributed by atoms with Gasteiger partial charge in [-0.25, -0.2) is 4.98 Å². The Hall–Kier alpha value is -2.14. The van der Waals surface area contributed by atoms with Crippen molar-refractivity contribution < 1.29 is 4.79 Å². The van der Waals surface area contributed by atoms with Crippen LogP contribution in [0.25, 0.3) is 10.9 Å². The van der Waals surface area contributed by atoms with Gasteiger partial charge in [-0.05, 0) is 25.0 Å². The highest BCUT2D eigenvalue weighted by atomic mass is 16.1. The molecule has 3 rings (SSSR count). The third-order valence-corrected chi connectivity index (χ3v) is 3.85. The van der Waals surface area contributed by atoms with E-state index in [-0.39, 0.29) is 11.9 Å². The van der Waals surface area contributed by atoms with Crippen LogP contribution in [0.2, 0.25) is 0 Å². The number of primary amides is 1. The molecule has 1 aliphatic heterocycles. The maximum atomic E-state index is 11.6. The van der Waals surface area contributed by atoms with Crippen molar-refractivity contribution in [2.45, 2.75) is 25.4 Å². The molecule has 1 amide bonds. The van der Waals surface area contributed by atoms with Crippen molar-refractivity contribution in [2.24, 2.45) is 11.5 Å². The lowest BCUT2D eigenvalue weighted by molar-refractivity contribution is -0.119. The van der Waals surface area contributed by atoms with E-state index < -0.39 is 0 Å². The zero-order chi connectivity index (χ0) is 14.1. The third kappa shape index (κ3) is 2.10. The molecule has 0 radical (unpaired) electrons. The minimum atomic E-state index is -0.291. The van der Waals surface area contributed by atoms with Gasteiger partial charge in [-0.15, -0.1) is 0 Å². The number of carbonyl (C=O) groups is 1. The van der Waals surface area contributed by atoms with Gasteiger partial charge in [-0.2, -0.15) is 0 Å². The fourth-order valence-corrected chi connectivity index (χ4v) is 2.86. The highest BCUT2D eigenvalue weighted by molar-refractivity contribution is 5.86. The van der Waals surface area contributed by atoms with Crippen LogP contribution >= 0.6 is 0 Å². The van der Waals surface area contributed by atoms with Gasteiger partial charge in [0.15, 0.2) is 0 Å². The van der Waals surface area contributed by atoms with Crippen molar-refractivity contribution in [2.75, 3.05) is 11.4 Å². The summed E-state index contributed by atoms with van der Waals surface area (Å²) in [6.45, 7) is 1.20. The number of benzene rings is 1. The molecule has 0 spiro atoms. The number of aromatic nitrogens is 1. The first-order valence-electron chi connectivity index (χ1n) is 6.85. The fourth-order valence-electron chi connectivity index (χ4n) is 2.86. The van der Waals surface area contributed by atoms with E-state index in [9.17, 15) is 4.79 Å². The molecular formula is C15H18N4O. The van der Waals surface area contributed by atoms with Gasteiger partial charge in [0.25, 0.3) is 0 Å². The van der Waals surface area contributed by atoms with Gasteiger partial charge in [-0.3, -0.25) is 4.79 Å². The number of nitrogens with zero attached hydrogens (tertiary/aromatic N) is 2. The van der Waals surface area contributed by atoms with Gasteiger partial charge in [0.1, 0.15) is 11.9 Å². The average Bonchev–Trinajstić information content (AvgIpc) is 2.95. The summed E-state index contributed by atoms with van der Waals surface area (Å²) in [4.78, 5) is 18.3. The highest BCUT2D eigenvalue weighted by Gasteiger charge is 2.31.